The van der Waals surface area contributed by atoms with Crippen molar-refractivity contribution >= 4 is 11.8 Å². The lowest BCUT2D eigenvalue weighted by molar-refractivity contribution is -0.137. The Hall–Kier alpha value is -2.10. The van der Waals surface area contributed by atoms with Crippen LogP contribution < -0.4 is 4.74 Å². The molecule has 0 unspecified atom stereocenters. The molecule has 0 aliphatic heterocycles. The minimum absolute atomic E-state index is 0.0698. The van der Waals surface area contributed by atoms with E-state index in [1.165, 1.54) is 25.3 Å². The first-order chi connectivity index (χ1) is 11.6. The van der Waals surface area contributed by atoms with E-state index in [0.717, 1.165) is 31.4 Å². The van der Waals surface area contributed by atoms with Crippen molar-refractivity contribution in [3.05, 3.63) is 42.5 Å². The molecule has 0 radical (unpaired) electrons. The van der Waals surface area contributed by atoms with Crippen LogP contribution in [-0.2, 0) is 9.53 Å². The van der Waals surface area contributed by atoms with Crippen LogP contribution in [0.15, 0.2) is 36.9 Å². The summed E-state index contributed by atoms with van der Waals surface area (Å²) in [7, 11) is 0. The van der Waals surface area contributed by atoms with Gasteiger partial charge in [0.05, 0.1) is 13.2 Å². The van der Waals surface area contributed by atoms with Crippen molar-refractivity contribution in [3.63, 3.8) is 0 Å². The molecule has 4 heteroatoms. The number of unbranched alkanes of at least 4 members (excludes halogenated alkanes) is 6. The highest BCUT2D eigenvalue weighted by atomic mass is 16.5. The number of carbonyl (C=O) groups is 2. The summed E-state index contributed by atoms with van der Waals surface area (Å²) in [5.74, 6) is 0.542. The van der Waals surface area contributed by atoms with Gasteiger partial charge in [0.2, 0.25) is 0 Å². The summed E-state index contributed by atoms with van der Waals surface area (Å²) in [6.45, 7) is 6.11. The minimum Gasteiger partial charge on any atom is -0.494 e. The second-order valence-electron chi connectivity index (χ2n) is 5.78. The fourth-order valence-corrected chi connectivity index (χ4v) is 2.30. The number of carbonyl (C=O) groups excluding carboxylic acids is 2. The summed E-state index contributed by atoms with van der Waals surface area (Å²) in [5, 5.41) is 0. The molecule has 0 fully saturated rings. The molecular formula is C20H28O4. The van der Waals surface area contributed by atoms with E-state index in [-0.39, 0.29) is 11.8 Å². The van der Waals surface area contributed by atoms with Gasteiger partial charge in [0.25, 0.3) is 0 Å². The molecule has 1 rings (SSSR count). The van der Waals surface area contributed by atoms with Crippen LogP contribution in [0, 0.1) is 0 Å². The summed E-state index contributed by atoms with van der Waals surface area (Å²) >= 11 is 0. The molecule has 1 aromatic rings. The van der Waals surface area contributed by atoms with E-state index in [1.807, 2.05) is 12.1 Å². The van der Waals surface area contributed by atoms with Gasteiger partial charge in [-0.3, -0.25) is 4.79 Å². The average Bonchev–Trinajstić information content (AvgIpc) is 2.59. The average molecular weight is 332 g/mol. The first-order valence-corrected chi connectivity index (χ1v) is 8.66. The Bertz CT molecular complexity index is 505. The van der Waals surface area contributed by atoms with Gasteiger partial charge in [-0.2, -0.15) is 0 Å². The molecule has 132 valence electrons. The van der Waals surface area contributed by atoms with E-state index in [4.69, 9.17) is 9.47 Å². The van der Waals surface area contributed by atoms with Crippen molar-refractivity contribution < 1.29 is 19.1 Å². The number of esters is 1. The minimum atomic E-state index is -0.342. The predicted molar refractivity (Wildman–Crippen MR) is 95.4 cm³/mol. The van der Waals surface area contributed by atoms with Gasteiger partial charge in [0, 0.05) is 11.6 Å². The lowest BCUT2D eigenvalue weighted by atomic mass is 10.1. The molecule has 0 heterocycles. The number of ether oxygens (including phenoxy) is 2. The third-order valence-corrected chi connectivity index (χ3v) is 3.73. The van der Waals surface area contributed by atoms with Gasteiger partial charge in [0.15, 0.2) is 5.78 Å². The number of benzene rings is 1. The van der Waals surface area contributed by atoms with Crippen molar-refractivity contribution in [1.82, 2.24) is 0 Å². The number of Topliss-reactive ketones (excluding diaryl/α,β-unsaturated/α-hetero) is 1. The molecule has 0 spiro atoms. The summed E-state index contributed by atoms with van der Waals surface area (Å²) in [6, 6.07) is 7.28. The first-order valence-electron chi connectivity index (χ1n) is 8.66. The SMILES string of the molecule is C=CC(=O)OCCCCCCCCCOc1ccc(C(C)=O)cc1. The maximum Gasteiger partial charge on any atom is 0.330 e. The largest absolute Gasteiger partial charge is 0.494 e. The van der Waals surface area contributed by atoms with Crippen LogP contribution in [0.3, 0.4) is 0 Å². The van der Waals surface area contributed by atoms with Gasteiger partial charge in [-0.15, -0.1) is 0 Å². The van der Waals surface area contributed by atoms with Gasteiger partial charge in [-0.25, -0.2) is 4.79 Å². The van der Waals surface area contributed by atoms with E-state index >= 15 is 0 Å². The molecule has 0 saturated carbocycles. The maximum absolute atomic E-state index is 11.2. The zero-order valence-corrected chi connectivity index (χ0v) is 14.6. The van der Waals surface area contributed by atoms with Crippen molar-refractivity contribution in [2.45, 2.75) is 51.9 Å². The number of hydrogen-bond acceptors (Lipinski definition) is 4. The van der Waals surface area contributed by atoms with Crippen LogP contribution in [0.4, 0.5) is 0 Å². The van der Waals surface area contributed by atoms with Crippen LogP contribution in [0.5, 0.6) is 5.75 Å². The van der Waals surface area contributed by atoms with Crippen molar-refractivity contribution in [2.24, 2.45) is 0 Å². The second kappa shape index (κ2) is 12.3. The standard InChI is InChI=1S/C20H28O4/c1-3-20(22)24-16-10-8-6-4-5-7-9-15-23-19-13-11-18(12-14-19)17(2)21/h3,11-14H,1,4-10,15-16H2,2H3. The Morgan fingerprint density at radius 3 is 2.00 bits per heavy atom. The van der Waals surface area contributed by atoms with Crippen molar-refractivity contribution in [3.8, 4) is 5.75 Å². The number of ketones is 1. The number of hydrogen-bond donors (Lipinski definition) is 0. The number of rotatable bonds is 13. The lowest BCUT2D eigenvalue weighted by Crippen LogP contribution is -2.01. The van der Waals surface area contributed by atoms with Crippen LogP contribution in [0.1, 0.15) is 62.2 Å². The Kier molecular flexibility index (Phi) is 10.3. The molecule has 0 bridgehead atoms. The van der Waals surface area contributed by atoms with E-state index in [9.17, 15) is 9.59 Å². The molecule has 0 amide bonds. The molecule has 0 atom stereocenters. The van der Waals surface area contributed by atoms with Crippen LogP contribution in [0.2, 0.25) is 0 Å². The van der Waals surface area contributed by atoms with E-state index in [0.29, 0.717) is 18.8 Å². The van der Waals surface area contributed by atoms with Crippen LogP contribution in [0.25, 0.3) is 0 Å². The molecule has 0 N–H and O–H groups in total. The second-order valence-corrected chi connectivity index (χ2v) is 5.78. The summed E-state index contributed by atoms with van der Waals surface area (Å²) in [5.41, 5.74) is 0.710. The molecule has 0 aliphatic rings. The Labute approximate surface area is 144 Å². The zero-order chi connectivity index (χ0) is 17.6. The van der Waals surface area contributed by atoms with Gasteiger partial charge in [0.1, 0.15) is 5.75 Å². The normalized spacial score (nSPS) is 10.2. The Balaban J connectivity index is 1.92. The zero-order valence-electron chi connectivity index (χ0n) is 14.6. The Morgan fingerprint density at radius 1 is 0.917 bits per heavy atom. The molecule has 24 heavy (non-hydrogen) atoms. The lowest BCUT2D eigenvalue weighted by Gasteiger charge is -2.07. The van der Waals surface area contributed by atoms with Crippen LogP contribution in [-0.4, -0.2) is 25.0 Å². The van der Waals surface area contributed by atoms with Gasteiger partial charge >= 0.3 is 5.97 Å². The van der Waals surface area contributed by atoms with Gasteiger partial charge in [-0.05, 0) is 44.0 Å². The maximum atomic E-state index is 11.2. The fraction of sp³-hybridized carbons (Fsp3) is 0.500. The highest BCUT2D eigenvalue weighted by Crippen LogP contribution is 2.14. The molecular weight excluding hydrogens is 304 g/mol. The van der Waals surface area contributed by atoms with E-state index < -0.39 is 0 Å². The fourth-order valence-electron chi connectivity index (χ4n) is 2.30. The van der Waals surface area contributed by atoms with Crippen molar-refractivity contribution in [1.29, 1.82) is 0 Å². The quantitative estimate of drug-likeness (QED) is 0.227. The molecule has 1 aromatic carbocycles. The smallest absolute Gasteiger partial charge is 0.330 e. The topological polar surface area (TPSA) is 52.6 Å². The third kappa shape index (κ3) is 9.13. The highest BCUT2D eigenvalue weighted by molar-refractivity contribution is 5.94. The highest BCUT2D eigenvalue weighted by Gasteiger charge is 2.00. The summed E-state index contributed by atoms with van der Waals surface area (Å²) in [6.07, 6.45) is 8.94. The molecule has 0 aromatic heterocycles. The Morgan fingerprint density at radius 2 is 1.46 bits per heavy atom. The first kappa shape index (κ1) is 19.9. The molecule has 4 nitrogen and oxygen atoms in total. The summed E-state index contributed by atoms with van der Waals surface area (Å²) < 4.78 is 10.6. The van der Waals surface area contributed by atoms with E-state index in [1.54, 1.807) is 19.1 Å². The molecule has 0 aliphatic carbocycles. The van der Waals surface area contributed by atoms with E-state index in [2.05, 4.69) is 6.58 Å². The third-order valence-electron chi connectivity index (χ3n) is 3.73. The summed E-state index contributed by atoms with van der Waals surface area (Å²) in [4.78, 5) is 22.0. The van der Waals surface area contributed by atoms with Crippen LogP contribution >= 0.6 is 0 Å². The van der Waals surface area contributed by atoms with Gasteiger partial charge in [-0.1, -0.05) is 38.7 Å². The predicted octanol–water partition coefficient (Wildman–Crippen LogP) is 4.73. The van der Waals surface area contributed by atoms with Crippen molar-refractivity contribution in [2.75, 3.05) is 13.2 Å². The monoisotopic (exact) mass is 332 g/mol. The van der Waals surface area contributed by atoms with Gasteiger partial charge < -0.3 is 9.47 Å². The molecule has 0 saturated heterocycles.